The number of carbonyl (C=O) groups excluding carboxylic acids is 1. The molecule has 0 aliphatic carbocycles. The number of benzene rings is 1. The van der Waals surface area contributed by atoms with E-state index < -0.39 is 0 Å². The maximum atomic E-state index is 12.1. The predicted molar refractivity (Wildman–Crippen MR) is 93.5 cm³/mol. The Balaban J connectivity index is 1.95. The van der Waals surface area contributed by atoms with Crippen LogP contribution >= 0.6 is 0 Å². The van der Waals surface area contributed by atoms with Gasteiger partial charge in [0.25, 0.3) is 5.91 Å². The van der Waals surface area contributed by atoms with Gasteiger partial charge in [0.05, 0.1) is 30.7 Å². The summed E-state index contributed by atoms with van der Waals surface area (Å²) in [5, 5.41) is 2.86. The minimum atomic E-state index is -0.203. The first-order valence-electron chi connectivity index (χ1n) is 8.01. The number of amides is 1. The number of nitrogen functional groups attached to an aromatic ring is 1. The van der Waals surface area contributed by atoms with Gasteiger partial charge in [0, 0.05) is 12.7 Å². The average molecular weight is 329 g/mol. The van der Waals surface area contributed by atoms with Crippen LogP contribution in [0.1, 0.15) is 29.8 Å². The van der Waals surface area contributed by atoms with Crippen LogP contribution < -0.4 is 20.5 Å². The lowest BCUT2D eigenvalue weighted by molar-refractivity contribution is 0.0955. The number of rotatable bonds is 8. The van der Waals surface area contributed by atoms with Crippen molar-refractivity contribution in [3.8, 4) is 11.5 Å². The van der Waals surface area contributed by atoms with Crippen LogP contribution in [0.4, 0.5) is 5.69 Å². The van der Waals surface area contributed by atoms with E-state index in [0.29, 0.717) is 37.4 Å². The zero-order valence-corrected chi connectivity index (χ0v) is 14.0. The molecule has 6 nitrogen and oxygen atoms in total. The Morgan fingerprint density at radius 3 is 2.62 bits per heavy atom. The summed E-state index contributed by atoms with van der Waals surface area (Å²) < 4.78 is 11.2. The van der Waals surface area contributed by atoms with Crippen molar-refractivity contribution >= 4 is 11.6 Å². The van der Waals surface area contributed by atoms with Crippen LogP contribution in [0.15, 0.2) is 36.7 Å². The molecule has 1 amide bonds. The van der Waals surface area contributed by atoms with E-state index >= 15 is 0 Å². The normalized spacial score (nSPS) is 10.2. The van der Waals surface area contributed by atoms with Gasteiger partial charge in [-0.2, -0.15) is 0 Å². The Bertz CT molecular complexity index is 689. The van der Waals surface area contributed by atoms with Crippen LogP contribution in [0, 0.1) is 0 Å². The highest BCUT2D eigenvalue weighted by molar-refractivity contribution is 5.98. The van der Waals surface area contributed by atoms with Crippen molar-refractivity contribution in [2.75, 3.05) is 25.5 Å². The Morgan fingerprint density at radius 2 is 1.92 bits per heavy atom. The minimum absolute atomic E-state index is 0.203. The van der Waals surface area contributed by atoms with E-state index in [4.69, 9.17) is 15.2 Å². The fourth-order valence-corrected chi connectivity index (χ4v) is 2.28. The van der Waals surface area contributed by atoms with Gasteiger partial charge in [-0.05, 0) is 44.0 Å². The summed E-state index contributed by atoms with van der Waals surface area (Å²) >= 11 is 0. The van der Waals surface area contributed by atoms with E-state index in [0.717, 1.165) is 17.1 Å². The summed E-state index contributed by atoms with van der Waals surface area (Å²) in [7, 11) is 0. The Morgan fingerprint density at radius 1 is 1.17 bits per heavy atom. The molecule has 0 saturated heterocycles. The summed E-state index contributed by atoms with van der Waals surface area (Å²) in [6, 6.07) is 7.42. The Hall–Kier alpha value is -2.76. The second kappa shape index (κ2) is 8.76. The molecule has 3 N–H and O–H groups in total. The average Bonchev–Trinajstić information content (AvgIpc) is 2.58. The lowest BCUT2D eigenvalue weighted by Crippen LogP contribution is -2.26. The molecule has 1 aromatic carbocycles. The summed E-state index contributed by atoms with van der Waals surface area (Å²) in [6.07, 6.45) is 3.70. The van der Waals surface area contributed by atoms with E-state index in [-0.39, 0.29) is 5.91 Å². The van der Waals surface area contributed by atoms with Crippen LogP contribution in [0.25, 0.3) is 0 Å². The van der Waals surface area contributed by atoms with Gasteiger partial charge < -0.3 is 20.5 Å². The molecular weight excluding hydrogens is 306 g/mol. The van der Waals surface area contributed by atoms with Crippen LogP contribution in [-0.2, 0) is 6.42 Å². The smallest absolute Gasteiger partial charge is 0.253 e. The lowest BCUT2D eigenvalue weighted by Gasteiger charge is -2.13. The summed E-state index contributed by atoms with van der Waals surface area (Å²) in [5.74, 6) is 1.25. The van der Waals surface area contributed by atoms with Gasteiger partial charge in [-0.1, -0.05) is 6.07 Å². The molecule has 0 aliphatic heterocycles. The molecule has 24 heavy (non-hydrogen) atoms. The molecule has 0 saturated carbocycles. The second-order valence-corrected chi connectivity index (χ2v) is 5.12. The SMILES string of the molecule is CCOc1ccc(CCNC(=O)c2ccncc2N)cc1OCC. The molecule has 0 fully saturated rings. The Labute approximate surface area is 142 Å². The highest BCUT2D eigenvalue weighted by Crippen LogP contribution is 2.28. The maximum Gasteiger partial charge on any atom is 0.253 e. The second-order valence-electron chi connectivity index (χ2n) is 5.12. The highest BCUT2D eigenvalue weighted by atomic mass is 16.5. The van der Waals surface area contributed by atoms with Crippen molar-refractivity contribution in [3.63, 3.8) is 0 Å². The van der Waals surface area contributed by atoms with Crippen molar-refractivity contribution in [2.45, 2.75) is 20.3 Å². The summed E-state index contributed by atoms with van der Waals surface area (Å²) in [6.45, 7) is 5.52. The van der Waals surface area contributed by atoms with Crippen molar-refractivity contribution in [3.05, 3.63) is 47.8 Å². The number of nitrogens with zero attached hydrogens (tertiary/aromatic N) is 1. The molecule has 0 radical (unpaired) electrons. The number of aromatic nitrogens is 1. The number of nitrogens with two attached hydrogens (primary N) is 1. The first-order valence-corrected chi connectivity index (χ1v) is 8.01. The molecule has 128 valence electrons. The third-order valence-corrected chi connectivity index (χ3v) is 3.40. The van der Waals surface area contributed by atoms with E-state index in [9.17, 15) is 4.79 Å². The predicted octanol–water partition coefficient (Wildman–Crippen LogP) is 2.43. The van der Waals surface area contributed by atoms with Gasteiger partial charge in [0.15, 0.2) is 11.5 Å². The molecule has 1 aromatic heterocycles. The number of ether oxygens (including phenoxy) is 2. The number of hydrogen-bond acceptors (Lipinski definition) is 5. The monoisotopic (exact) mass is 329 g/mol. The highest BCUT2D eigenvalue weighted by Gasteiger charge is 2.10. The maximum absolute atomic E-state index is 12.1. The molecule has 1 heterocycles. The molecule has 0 atom stereocenters. The number of pyridine rings is 1. The topological polar surface area (TPSA) is 86.5 Å². The fourth-order valence-electron chi connectivity index (χ4n) is 2.28. The molecule has 6 heteroatoms. The van der Waals surface area contributed by atoms with E-state index in [2.05, 4.69) is 10.3 Å². The quantitative estimate of drug-likeness (QED) is 0.777. The largest absolute Gasteiger partial charge is 0.490 e. The molecule has 0 aliphatic rings. The molecule has 2 rings (SSSR count). The molecule has 0 spiro atoms. The van der Waals surface area contributed by atoms with Crippen LogP contribution in [0.3, 0.4) is 0 Å². The molecular formula is C18H23N3O3. The first-order chi connectivity index (χ1) is 11.7. The number of hydrogen-bond donors (Lipinski definition) is 2. The van der Waals surface area contributed by atoms with Gasteiger partial charge in [0.2, 0.25) is 0 Å². The zero-order valence-electron chi connectivity index (χ0n) is 14.0. The Kier molecular flexibility index (Phi) is 6.42. The van der Waals surface area contributed by atoms with Gasteiger partial charge >= 0.3 is 0 Å². The summed E-state index contributed by atoms with van der Waals surface area (Å²) in [4.78, 5) is 16.0. The third-order valence-electron chi connectivity index (χ3n) is 3.40. The molecule has 0 unspecified atom stereocenters. The van der Waals surface area contributed by atoms with Crippen molar-refractivity contribution < 1.29 is 14.3 Å². The van der Waals surface area contributed by atoms with Crippen molar-refractivity contribution in [1.82, 2.24) is 10.3 Å². The number of anilines is 1. The first kappa shape index (κ1) is 17.6. The fraction of sp³-hybridized carbons (Fsp3) is 0.333. The van der Waals surface area contributed by atoms with Crippen molar-refractivity contribution in [1.29, 1.82) is 0 Å². The standard InChI is InChI=1S/C18H23N3O3/c1-3-23-16-6-5-13(11-17(16)24-4-2)7-10-21-18(22)14-8-9-20-12-15(14)19/h5-6,8-9,11-12H,3-4,7,10,19H2,1-2H3,(H,21,22). The van der Waals surface area contributed by atoms with Gasteiger partial charge in [0.1, 0.15) is 0 Å². The van der Waals surface area contributed by atoms with Gasteiger partial charge in [-0.3, -0.25) is 9.78 Å². The van der Waals surface area contributed by atoms with Crippen LogP contribution in [0.5, 0.6) is 11.5 Å². The van der Waals surface area contributed by atoms with Crippen LogP contribution in [0.2, 0.25) is 0 Å². The molecule has 0 bridgehead atoms. The van der Waals surface area contributed by atoms with E-state index in [1.54, 1.807) is 12.3 Å². The third kappa shape index (κ3) is 4.62. The number of nitrogens with one attached hydrogen (secondary N) is 1. The molecule has 2 aromatic rings. The van der Waals surface area contributed by atoms with Crippen molar-refractivity contribution in [2.24, 2.45) is 0 Å². The van der Waals surface area contributed by atoms with Gasteiger partial charge in [-0.15, -0.1) is 0 Å². The lowest BCUT2D eigenvalue weighted by atomic mass is 10.1. The summed E-state index contributed by atoms with van der Waals surface area (Å²) in [5.41, 5.74) is 7.62. The zero-order chi connectivity index (χ0) is 17.4. The van der Waals surface area contributed by atoms with Crippen LogP contribution in [-0.4, -0.2) is 30.6 Å². The van der Waals surface area contributed by atoms with Gasteiger partial charge in [-0.25, -0.2) is 0 Å². The van der Waals surface area contributed by atoms with E-state index in [1.165, 1.54) is 6.20 Å². The number of carbonyl (C=O) groups is 1. The van der Waals surface area contributed by atoms with E-state index in [1.807, 2.05) is 32.0 Å². The minimum Gasteiger partial charge on any atom is -0.490 e.